The van der Waals surface area contributed by atoms with Crippen LogP contribution in [0.1, 0.15) is 60.4 Å². The van der Waals surface area contributed by atoms with Crippen LogP contribution in [0.3, 0.4) is 0 Å². The molecule has 1 aliphatic rings. The standard InChI is InChI=1S/C29H31F2N5O2S/c1-18-7-4-5-9-25(18)36-27(21-8-6-14-32-16-21)33-34-29(36)39-17-26(37)24-15-19(2)35(20(24)3)22-10-12-23(13-11-22)38-28(30)31/h6,8,10-16,18,25,28H,4-5,7,9,17H2,1-3H3/t18-,25+/m1/s1. The first-order valence-corrected chi connectivity index (χ1v) is 14.1. The minimum absolute atomic E-state index is 0.00817. The maximum Gasteiger partial charge on any atom is 0.387 e. The Balaban J connectivity index is 1.38. The minimum Gasteiger partial charge on any atom is -0.435 e. The van der Waals surface area contributed by atoms with Gasteiger partial charge in [-0.3, -0.25) is 14.3 Å². The average molecular weight is 552 g/mol. The van der Waals surface area contributed by atoms with Crippen molar-refractivity contribution in [2.75, 3.05) is 5.75 Å². The molecule has 0 bridgehead atoms. The fraction of sp³-hybridized carbons (Fsp3) is 0.379. The number of hydrogen-bond acceptors (Lipinski definition) is 6. The fourth-order valence-corrected chi connectivity index (χ4v) is 6.35. The number of benzene rings is 1. The van der Waals surface area contributed by atoms with Crippen molar-refractivity contribution >= 4 is 17.5 Å². The first-order chi connectivity index (χ1) is 18.8. The highest BCUT2D eigenvalue weighted by molar-refractivity contribution is 7.99. The molecule has 0 N–H and O–H groups in total. The third kappa shape index (κ3) is 5.75. The molecule has 0 spiro atoms. The van der Waals surface area contributed by atoms with Crippen LogP contribution in [-0.4, -0.2) is 42.5 Å². The second kappa shape index (κ2) is 11.7. The van der Waals surface area contributed by atoms with Gasteiger partial charge in [0.15, 0.2) is 16.8 Å². The number of thioether (sulfide) groups is 1. The Labute approximate surface area is 230 Å². The average Bonchev–Trinajstić information content (AvgIpc) is 3.48. The second-order valence-corrected chi connectivity index (χ2v) is 10.9. The predicted octanol–water partition coefficient (Wildman–Crippen LogP) is 7.08. The summed E-state index contributed by atoms with van der Waals surface area (Å²) in [6.07, 6.45) is 8.12. The summed E-state index contributed by atoms with van der Waals surface area (Å²) in [5.74, 6) is 1.57. The van der Waals surface area contributed by atoms with Gasteiger partial charge >= 0.3 is 6.61 Å². The van der Waals surface area contributed by atoms with Crippen molar-refractivity contribution in [1.82, 2.24) is 24.3 Å². The summed E-state index contributed by atoms with van der Waals surface area (Å²) in [6.45, 7) is 3.21. The van der Waals surface area contributed by atoms with Crippen LogP contribution in [0.15, 0.2) is 60.0 Å². The van der Waals surface area contributed by atoms with Crippen LogP contribution in [0.25, 0.3) is 17.1 Å². The Morgan fingerprint density at radius 1 is 1.13 bits per heavy atom. The van der Waals surface area contributed by atoms with Gasteiger partial charge in [-0.1, -0.05) is 31.5 Å². The van der Waals surface area contributed by atoms with E-state index in [0.717, 1.165) is 52.9 Å². The van der Waals surface area contributed by atoms with Crippen LogP contribution >= 0.6 is 11.8 Å². The van der Waals surface area contributed by atoms with Crippen molar-refractivity contribution in [1.29, 1.82) is 0 Å². The number of aromatic nitrogens is 5. The van der Waals surface area contributed by atoms with Crippen molar-refractivity contribution in [3.05, 3.63) is 71.8 Å². The van der Waals surface area contributed by atoms with E-state index in [0.29, 0.717) is 11.5 Å². The fourth-order valence-electron chi connectivity index (χ4n) is 5.47. The first-order valence-electron chi connectivity index (χ1n) is 13.1. The number of nitrogens with zero attached hydrogens (tertiary/aromatic N) is 5. The molecule has 1 fully saturated rings. The number of pyridine rings is 1. The third-order valence-electron chi connectivity index (χ3n) is 7.37. The van der Waals surface area contributed by atoms with Crippen molar-refractivity contribution < 1.29 is 18.3 Å². The molecule has 39 heavy (non-hydrogen) atoms. The molecule has 2 atom stereocenters. The summed E-state index contributed by atoms with van der Waals surface area (Å²) in [5.41, 5.74) is 3.97. The molecule has 7 nitrogen and oxygen atoms in total. The number of hydrogen-bond donors (Lipinski definition) is 0. The zero-order valence-electron chi connectivity index (χ0n) is 22.2. The van der Waals surface area contributed by atoms with Crippen molar-refractivity contribution in [2.24, 2.45) is 5.92 Å². The molecule has 1 aromatic carbocycles. The van der Waals surface area contributed by atoms with Gasteiger partial charge < -0.3 is 9.30 Å². The summed E-state index contributed by atoms with van der Waals surface area (Å²) in [7, 11) is 0. The number of alkyl halides is 2. The molecule has 204 valence electrons. The predicted molar refractivity (Wildman–Crippen MR) is 147 cm³/mol. The first kappa shape index (κ1) is 27.1. The quantitative estimate of drug-likeness (QED) is 0.164. The van der Waals surface area contributed by atoms with Crippen LogP contribution in [0.4, 0.5) is 8.78 Å². The Kier molecular flexibility index (Phi) is 8.11. The van der Waals surface area contributed by atoms with Crippen LogP contribution in [0.2, 0.25) is 0 Å². The van der Waals surface area contributed by atoms with Crippen molar-refractivity contribution in [3.63, 3.8) is 0 Å². The lowest BCUT2D eigenvalue weighted by Gasteiger charge is -2.31. The molecule has 3 aromatic heterocycles. The lowest BCUT2D eigenvalue weighted by molar-refractivity contribution is -0.0498. The summed E-state index contributed by atoms with van der Waals surface area (Å²) >= 11 is 1.41. The van der Waals surface area contributed by atoms with Gasteiger partial charge in [0.05, 0.1) is 5.75 Å². The molecule has 0 unspecified atom stereocenters. The summed E-state index contributed by atoms with van der Waals surface area (Å²) < 4.78 is 33.6. The van der Waals surface area contributed by atoms with Crippen molar-refractivity contribution in [3.8, 4) is 22.8 Å². The van der Waals surface area contributed by atoms with Crippen LogP contribution in [0, 0.1) is 19.8 Å². The summed E-state index contributed by atoms with van der Waals surface area (Å²) in [6, 6.07) is 12.4. The Hall–Kier alpha value is -3.53. The molecule has 5 rings (SSSR count). The van der Waals surface area contributed by atoms with E-state index in [2.05, 4.69) is 31.4 Å². The van der Waals surface area contributed by atoms with Crippen LogP contribution in [0.5, 0.6) is 5.75 Å². The third-order valence-corrected chi connectivity index (χ3v) is 8.31. The highest BCUT2D eigenvalue weighted by Gasteiger charge is 2.29. The van der Waals surface area contributed by atoms with Gasteiger partial charge in [0.1, 0.15) is 5.75 Å². The number of carbonyl (C=O) groups is 1. The lowest BCUT2D eigenvalue weighted by atomic mass is 9.85. The highest BCUT2D eigenvalue weighted by Crippen LogP contribution is 2.39. The van der Waals surface area contributed by atoms with Gasteiger partial charge in [0.2, 0.25) is 0 Å². The maximum absolute atomic E-state index is 13.4. The number of ketones is 1. The Morgan fingerprint density at radius 2 is 1.90 bits per heavy atom. The number of rotatable bonds is 9. The van der Waals surface area contributed by atoms with E-state index in [1.807, 2.05) is 36.6 Å². The van der Waals surface area contributed by atoms with Gasteiger partial charge in [0, 0.05) is 46.6 Å². The molecule has 1 aliphatic carbocycles. The lowest BCUT2D eigenvalue weighted by Crippen LogP contribution is -2.22. The molecule has 0 radical (unpaired) electrons. The smallest absolute Gasteiger partial charge is 0.387 e. The number of halogens is 2. The van der Waals surface area contributed by atoms with Gasteiger partial charge in [-0.15, -0.1) is 10.2 Å². The Bertz CT molecular complexity index is 1440. The number of aryl methyl sites for hydroxylation is 1. The second-order valence-electron chi connectivity index (χ2n) is 9.95. The zero-order chi connectivity index (χ0) is 27.5. The van der Waals surface area contributed by atoms with Gasteiger partial charge in [-0.25, -0.2) is 0 Å². The molecule has 1 saturated carbocycles. The highest BCUT2D eigenvalue weighted by atomic mass is 32.2. The molecular formula is C29H31F2N5O2S. The zero-order valence-corrected chi connectivity index (χ0v) is 23.0. The van der Waals surface area contributed by atoms with E-state index in [1.54, 1.807) is 24.5 Å². The van der Waals surface area contributed by atoms with Crippen LogP contribution in [-0.2, 0) is 0 Å². The number of carbonyl (C=O) groups excluding carboxylic acids is 1. The van der Waals surface area contributed by atoms with Gasteiger partial charge in [-0.05, 0) is 75.1 Å². The van der Waals surface area contributed by atoms with E-state index in [9.17, 15) is 13.6 Å². The van der Waals surface area contributed by atoms with Gasteiger partial charge in [-0.2, -0.15) is 8.78 Å². The Morgan fingerprint density at radius 3 is 2.59 bits per heavy atom. The molecule has 10 heteroatoms. The molecule has 3 heterocycles. The maximum atomic E-state index is 13.4. The summed E-state index contributed by atoms with van der Waals surface area (Å²) in [5, 5.41) is 9.78. The normalized spacial score (nSPS) is 17.5. The molecule has 0 amide bonds. The number of ether oxygens (including phenoxy) is 1. The van der Waals surface area contributed by atoms with E-state index in [-0.39, 0.29) is 23.3 Å². The minimum atomic E-state index is -2.87. The van der Waals surface area contributed by atoms with E-state index in [4.69, 9.17) is 0 Å². The SMILES string of the molecule is Cc1cc(C(=O)CSc2nnc(-c3cccnc3)n2[C@H]2CCCC[C@H]2C)c(C)n1-c1ccc(OC(F)F)cc1. The van der Waals surface area contributed by atoms with E-state index in [1.165, 1.54) is 30.3 Å². The summed E-state index contributed by atoms with van der Waals surface area (Å²) in [4.78, 5) is 17.7. The van der Waals surface area contributed by atoms with Gasteiger partial charge in [0.25, 0.3) is 0 Å². The number of Topliss-reactive ketones (excluding diaryl/α,β-unsaturated/α-hetero) is 1. The van der Waals surface area contributed by atoms with E-state index >= 15 is 0 Å². The molecule has 0 saturated heterocycles. The van der Waals surface area contributed by atoms with E-state index < -0.39 is 6.61 Å². The largest absolute Gasteiger partial charge is 0.435 e. The monoisotopic (exact) mass is 551 g/mol. The molecule has 4 aromatic rings. The molecular weight excluding hydrogens is 520 g/mol. The topological polar surface area (TPSA) is 74.8 Å². The van der Waals surface area contributed by atoms with Crippen molar-refractivity contribution in [2.45, 2.75) is 64.3 Å². The molecule has 0 aliphatic heterocycles. The van der Waals surface area contributed by atoms with Crippen LogP contribution < -0.4 is 4.74 Å².